The zero-order valence-electron chi connectivity index (χ0n) is 20.6. The van der Waals surface area contributed by atoms with E-state index in [-0.39, 0.29) is 24.0 Å². The van der Waals surface area contributed by atoms with Crippen molar-refractivity contribution < 1.29 is 19.2 Å². The summed E-state index contributed by atoms with van der Waals surface area (Å²) in [5.41, 5.74) is 1.35. The molecule has 0 aliphatic carbocycles. The Morgan fingerprint density at radius 1 is 1.33 bits per heavy atom. The number of amides is 1. The van der Waals surface area contributed by atoms with E-state index in [1.165, 1.54) is 0 Å². The molecule has 2 heterocycles. The lowest BCUT2D eigenvalue weighted by Gasteiger charge is -2.30. The molecule has 1 aromatic carbocycles. The molecule has 2 aromatic rings. The maximum atomic E-state index is 12.3. The van der Waals surface area contributed by atoms with Crippen molar-refractivity contribution in [3.05, 3.63) is 35.2 Å². The third-order valence-corrected chi connectivity index (χ3v) is 6.09. The van der Waals surface area contributed by atoms with E-state index in [2.05, 4.69) is 41.1 Å². The van der Waals surface area contributed by atoms with E-state index >= 15 is 0 Å². The van der Waals surface area contributed by atoms with Gasteiger partial charge in [-0.05, 0) is 69.2 Å². The summed E-state index contributed by atoms with van der Waals surface area (Å²) in [4.78, 5) is 19.0. The second-order valence-electron chi connectivity index (χ2n) is 10.1. The largest absolute Gasteiger partial charge is 0.494 e. The van der Waals surface area contributed by atoms with Crippen LogP contribution in [0.5, 0.6) is 5.75 Å². The Morgan fingerprint density at radius 3 is 2.67 bits per heavy atom. The Balaban J connectivity index is 1.38. The zero-order valence-corrected chi connectivity index (χ0v) is 20.6. The van der Waals surface area contributed by atoms with E-state index in [4.69, 9.17) is 14.4 Å². The summed E-state index contributed by atoms with van der Waals surface area (Å²) in [7, 11) is 0. The van der Waals surface area contributed by atoms with Crippen LogP contribution in [-0.2, 0) is 5.41 Å². The zero-order chi connectivity index (χ0) is 24.0. The summed E-state index contributed by atoms with van der Waals surface area (Å²) in [5, 5.41) is 16.0. The van der Waals surface area contributed by atoms with Crippen molar-refractivity contribution in [3.63, 3.8) is 0 Å². The number of aliphatic hydroxyl groups is 1. The first kappa shape index (κ1) is 25.0. The number of hydrogen-bond donors (Lipinski definition) is 2. The molecule has 182 valence electrons. The molecule has 1 aliphatic rings. The van der Waals surface area contributed by atoms with Crippen LogP contribution in [0.4, 0.5) is 6.01 Å². The minimum atomic E-state index is -0.271. The van der Waals surface area contributed by atoms with E-state index in [0.29, 0.717) is 24.1 Å². The lowest BCUT2D eigenvalue weighted by Crippen LogP contribution is -2.35. The Morgan fingerprint density at radius 2 is 2.06 bits per heavy atom. The smallest absolute Gasteiger partial charge is 0.324 e. The maximum absolute atomic E-state index is 12.3. The monoisotopic (exact) mass is 458 g/mol. The minimum absolute atomic E-state index is 0.0832. The van der Waals surface area contributed by atoms with Gasteiger partial charge in [-0.3, -0.25) is 4.79 Å². The number of aromatic nitrogens is 2. The highest BCUT2D eigenvalue weighted by Crippen LogP contribution is 2.27. The summed E-state index contributed by atoms with van der Waals surface area (Å²) in [6.45, 7) is 12.4. The summed E-state index contributed by atoms with van der Waals surface area (Å²) < 4.78 is 11.4. The number of aliphatic hydroxyl groups excluding tert-OH is 1. The number of rotatable bonds is 9. The first-order chi connectivity index (χ1) is 15.7. The minimum Gasteiger partial charge on any atom is -0.494 e. The molecule has 33 heavy (non-hydrogen) atoms. The van der Waals surface area contributed by atoms with Crippen molar-refractivity contribution in [2.24, 2.45) is 5.92 Å². The molecule has 1 amide bonds. The molecule has 3 rings (SSSR count). The molecule has 2 N–H and O–H groups in total. The van der Waals surface area contributed by atoms with Gasteiger partial charge in [0.05, 0.1) is 13.2 Å². The third kappa shape index (κ3) is 6.93. The van der Waals surface area contributed by atoms with Gasteiger partial charge in [0.15, 0.2) is 5.82 Å². The number of nitrogens with one attached hydrogen (secondary N) is 1. The normalized spacial score (nSPS) is 16.0. The number of benzene rings is 1. The highest BCUT2D eigenvalue weighted by Gasteiger charge is 2.26. The van der Waals surface area contributed by atoms with Gasteiger partial charge in [-0.25, -0.2) is 0 Å². The van der Waals surface area contributed by atoms with Gasteiger partial charge in [0.25, 0.3) is 5.91 Å². The number of piperidine rings is 1. The van der Waals surface area contributed by atoms with Crippen molar-refractivity contribution in [2.75, 3.05) is 31.2 Å². The Hall–Kier alpha value is -2.61. The molecule has 0 bridgehead atoms. The van der Waals surface area contributed by atoms with E-state index in [9.17, 15) is 4.79 Å². The first-order valence-corrected chi connectivity index (χ1v) is 11.9. The van der Waals surface area contributed by atoms with Gasteiger partial charge in [-0.2, -0.15) is 4.98 Å². The van der Waals surface area contributed by atoms with Gasteiger partial charge in [-0.15, -0.1) is 0 Å². The van der Waals surface area contributed by atoms with Crippen molar-refractivity contribution in [1.82, 2.24) is 15.5 Å². The van der Waals surface area contributed by atoms with Crippen LogP contribution in [0.1, 0.15) is 75.1 Å². The van der Waals surface area contributed by atoms with Crippen LogP contribution in [0.2, 0.25) is 0 Å². The Bertz CT molecular complexity index is 913. The van der Waals surface area contributed by atoms with Gasteiger partial charge < -0.3 is 24.6 Å². The number of hydrogen-bond acceptors (Lipinski definition) is 7. The SMILES string of the molecule is Cc1cc(OCCCC2CCN(c3nc(C(C)(C)C)no3)CC2)ccc1C(=O)N[C@H](C)CO. The number of anilines is 1. The lowest BCUT2D eigenvalue weighted by atomic mass is 9.92. The van der Waals surface area contributed by atoms with Crippen molar-refractivity contribution in [2.45, 2.75) is 71.8 Å². The van der Waals surface area contributed by atoms with Crippen molar-refractivity contribution in [3.8, 4) is 5.75 Å². The van der Waals surface area contributed by atoms with Gasteiger partial charge in [0.1, 0.15) is 5.75 Å². The van der Waals surface area contributed by atoms with Crippen molar-refractivity contribution in [1.29, 1.82) is 0 Å². The molecule has 8 nitrogen and oxygen atoms in total. The fourth-order valence-electron chi connectivity index (χ4n) is 3.95. The Kier molecular flexibility index (Phi) is 8.35. The Labute approximate surface area is 196 Å². The summed E-state index contributed by atoms with van der Waals surface area (Å²) >= 11 is 0. The predicted octanol–water partition coefficient (Wildman–Crippen LogP) is 3.86. The molecule has 8 heteroatoms. The number of carbonyl (C=O) groups excluding carboxylic acids is 1. The van der Waals surface area contributed by atoms with Crippen LogP contribution in [0.3, 0.4) is 0 Å². The van der Waals surface area contributed by atoms with Gasteiger partial charge in [0.2, 0.25) is 0 Å². The maximum Gasteiger partial charge on any atom is 0.324 e. The average molecular weight is 459 g/mol. The predicted molar refractivity (Wildman–Crippen MR) is 128 cm³/mol. The van der Waals surface area contributed by atoms with Crippen LogP contribution >= 0.6 is 0 Å². The molecular formula is C25H38N4O4. The van der Waals surface area contributed by atoms with Crippen LogP contribution in [0, 0.1) is 12.8 Å². The number of nitrogens with zero attached hydrogens (tertiary/aromatic N) is 3. The standard InChI is InChI=1S/C25H38N4O4/c1-17-15-20(8-9-21(17)22(31)26-18(2)16-30)32-14-6-7-19-10-12-29(13-11-19)24-27-23(28-33-24)25(3,4)5/h8-9,15,18-19,30H,6-7,10-14,16H2,1-5H3,(H,26,31)/t18-/m1/s1. The summed E-state index contributed by atoms with van der Waals surface area (Å²) in [5.74, 6) is 2.03. The van der Waals surface area contributed by atoms with Gasteiger partial charge in [0, 0.05) is 30.1 Å². The fourth-order valence-corrected chi connectivity index (χ4v) is 3.95. The van der Waals surface area contributed by atoms with Crippen LogP contribution in [0.15, 0.2) is 22.7 Å². The number of aryl methyl sites for hydroxylation is 1. The molecule has 1 saturated heterocycles. The molecule has 0 saturated carbocycles. The highest BCUT2D eigenvalue weighted by atomic mass is 16.5. The van der Waals surface area contributed by atoms with Gasteiger partial charge in [-0.1, -0.05) is 25.9 Å². The molecule has 1 atom stereocenters. The van der Waals surface area contributed by atoms with Crippen LogP contribution in [0.25, 0.3) is 0 Å². The third-order valence-electron chi connectivity index (χ3n) is 6.09. The topological polar surface area (TPSA) is 101 Å². The molecular weight excluding hydrogens is 420 g/mol. The fraction of sp³-hybridized carbons (Fsp3) is 0.640. The molecule has 0 spiro atoms. The molecule has 0 radical (unpaired) electrons. The molecule has 0 unspecified atom stereocenters. The number of ether oxygens (including phenoxy) is 1. The van der Waals surface area contributed by atoms with E-state index < -0.39 is 0 Å². The average Bonchev–Trinajstić information content (AvgIpc) is 3.28. The van der Waals surface area contributed by atoms with Gasteiger partial charge >= 0.3 is 6.01 Å². The van der Waals surface area contributed by atoms with E-state index in [0.717, 1.165) is 55.9 Å². The molecule has 1 aromatic heterocycles. The molecule has 1 aliphatic heterocycles. The van der Waals surface area contributed by atoms with Crippen LogP contribution < -0.4 is 15.0 Å². The second kappa shape index (κ2) is 11.0. The molecule has 1 fully saturated rings. The quantitative estimate of drug-likeness (QED) is 0.550. The van der Waals surface area contributed by atoms with Crippen LogP contribution in [-0.4, -0.2) is 53.5 Å². The van der Waals surface area contributed by atoms with E-state index in [1.54, 1.807) is 13.0 Å². The van der Waals surface area contributed by atoms with E-state index in [1.807, 2.05) is 19.1 Å². The van der Waals surface area contributed by atoms with Crippen molar-refractivity contribution >= 4 is 11.9 Å². The summed E-state index contributed by atoms with van der Waals surface area (Å²) in [6, 6.07) is 5.88. The number of carbonyl (C=O) groups is 1. The lowest BCUT2D eigenvalue weighted by molar-refractivity contribution is 0.0921. The second-order valence-corrected chi connectivity index (χ2v) is 10.1. The first-order valence-electron chi connectivity index (χ1n) is 11.9. The summed E-state index contributed by atoms with van der Waals surface area (Å²) in [6.07, 6.45) is 4.35. The highest BCUT2D eigenvalue weighted by molar-refractivity contribution is 5.95.